The zero-order valence-corrected chi connectivity index (χ0v) is 12.0. The van der Waals surface area contributed by atoms with Gasteiger partial charge in [-0.05, 0) is 37.3 Å². The molecular weight excluding hydrogens is 272 g/mol. The van der Waals surface area contributed by atoms with Crippen LogP contribution in [0.2, 0.25) is 0 Å². The highest BCUT2D eigenvalue weighted by molar-refractivity contribution is 7.16. The Kier molecular flexibility index (Phi) is 2.98. The maximum absolute atomic E-state index is 5.47. The van der Waals surface area contributed by atoms with Crippen molar-refractivity contribution in [2.45, 2.75) is 31.3 Å². The average Bonchev–Trinajstić information content (AvgIpc) is 3.15. The first-order chi connectivity index (χ1) is 9.85. The normalized spacial score (nSPS) is 26.1. The van der Waals surface area contributed by atoms with E-state index in [9.17, 15) is 0 Å². The molecule has 0 aliphatic carbocycles. The van der Waals surface area contributed by atoms with Gasteiger partial charge in [0.1, 0.15) is 10.6 Å². The van der Waals surface area contributed by atoms with Gasteiger partial charge in [0.15, 0.2) is 0 Å². The van der Waals surface area contributed by atoms with Gasteiger partial charge in [-0.3, -0.25) is 10.3 Å². The SMILES string of the molecule is NNc1nc(NC2CCN3CCCC23)c2ccsc2n1. The Morgan fingerprint density at radius 3 is 3.15 bits per heavy atom. The molecule has 4 rings (SSSR count). The molecule has 2 aliphatic heterocycles. The van der Waals surface area contributed by atoms with Gasteiger partial charge in [0.25, 0.3) is 0 Å². The summed E-state index contributed by atoms with van der Waals surface area (Å²) in [6.45, 7) is 2.44. The van der Waals surface area contributed by atoms with Crippen LogP contribution in [0.5, 0.6) is 0 Å². The fourth-order valence-electron chi connectivity index (χ4n) is 3.46. The van der Waals surface area contributed by atoms with Crippen LogP contribution in [0.15, 0.2) is 11.4 Å². The molecule has 0 aromatic carbocycles. The summed E-state index contributed by atoms with van der Waals surface area (Å²) in [5.74, 6) is 6.85. The van der Waals surface area contributed by atoms with Crippen LogP contribution >= 0.6 is 11.3 Å². The summed E-state index contributed by atoms with van der Waals surface area (Å²) < 4.78 is 0. The van der Waals surface area contributed by atoms with E-state index in [0.717, 1.165) is 16.0 Å². The molecule has 2 saturated heterocycles. The lowest BCUT2D eigenvalue weighted by Gasteiger charge is -2.22. The molecule has 4 N–H and O–H groups in total. The minimum Gasteiger partial charge on any atom is -0.365 e. The number of hydrogen-bond acceptors (Lipinski definition) is 7. The van der Waals surface area contributed by atoms with Gasteiger partial charge in [-0.1, -0.05) is 0 Å². The molecule has 6 nitrogen and oxygen atoms in total. The van der Waals surface area contributed by atoms with Crippen molar-refractivity contribution >= 4 is 33.3 Å². The topological polar surface area (TPSA) is 79.1 Å². The van der Waals surface area contributed by atoms with E-state index in [1.54, 1.807) is 11.3 Å². The van der Waals surface area contributed by atoms with Crippen LogP contribution in [0.3, 0.4) is 0 Å². The Hall–Kier alpha value is -1.44. The molecule has 2 atom stereocenters. The Morgan fingerprint density at radius 2 is 2.25 bits per heavy atom. The fraction of sp³-hybridized carbons (Fsp3) is 0.538. The van der Waals surface area contributed by atoms with Gasteiger partial charge in [0.05, 0.1) is 5.39 Å². The smallest absolute Gasteiger partial charge is 0.240 e. The minimum absolute atomic E-state index is 0.476. The highest BCUT2D eigenvalue weighted by Crippen LogP contribution is 2.32. The second-order valence-electron chi connectivity index (χ2n) is 5.46. The third-order valence-corrected chi connectivity index (χ3v) is 5.19. The van der Waals surface area contributed by atoms with Crippen LogP contribution in [0.1, 0.15) is 19.3 Å². The van der Waals surface area contributed by atoms with Crippen LogP contribution in [0.25, 0.3) is 10.2 Å². The number of nitrogen functional groups attached to an aromatic ring is 1. The molecule has 2 aliphatic rings. The van der Waals surface area contributed by atoms with Gasteiger partial charge in [-0.15, -0.1) is 11.3 Å². The zero-order chi connectivity index (χ0) is 13.5. The first-order valence-corrected chi connectivity index (χ1v) is 7.95. The van der Waals surface area contributed by atoms with E-state index in [1.165, 1.54) is 32.4 Å². The molecule has 2 aromatic heterocycles. The molecule has 0 saturated carbocycles. The van der Waals surface area contributed by atoms with E-state index in [2.05, 4.69) is 31.7 Å². The summed E-state index contributed by atoms with van der Waals surface area (Å²) in [6, 6.07) is 3.22. The molecule has 106 valence electrons. The Morgan fingerprint density at radius 1 is 1.30 bits per heavy atom. The number of nitrogens with zero attached hydrogens (tertiary/aromatic N) is 3. The first kappa shape index (κ1) is 12.3. The number of nitrogens with two attached hydrogens (primary N) is 1. The summed E-state index contributed by atoms with van der Waals surface area (Å²) in [6.07, 6.45) is 3.79. The third-order valence-electron chi connectivity index (χ3n) is 4.38. The molecule has 0 radical (unpaired) electrons. The molecular formula is C13H18N6S. The highest BCUT2D eigenvalue weighted by Gasteiger charge is 2.37. The largest absolute Gasteiger partial charge is 0.365 e. The molecule has 2 fully saturated rings. The number of anilines is 2. The number of thiophene rings is 1. The summed E-state index contributed by atoms with van der Waals surface area (Å²) >= 11 is 1.61. The predicted molar refractivity (Wildman–Crippen MR) is 81.8 cm³/mol. The first-order valence-electron chi connectivity index (χ1n) is 7.07. The molecule has 0 spiro atoms. The van der Waals surface area contributed by atoms with Gasteiger partial charge < -0.3 is 5.32 Å². The molecule has 2 unspecified atom stereocenters. The van der Waals surface area contributed by atoms with Gasteiger partial charge in [0, 0.05) is 18.6 Å². The number of fused-ring (bicyclic) bond motifs is 2. The van der Waals surface area contributed by atoms with Crippen molar-refractivity contribution in [3.05, 3.63) is 11.4 Å². The second-order valence-corrected chi connectivity index (χ2v) is 6.36. The lowest BCUT2D eigenvalue weighted by atomic mass is 10.1. The van der Waals surface area contributed by atoms with Gasteiger partial charge >= 0.3 is 0 Å². The number of hydrogen-bond donors (Lipinski definition) is 3. The number of rotatable bonds is 3. The van der Waals surface area contributed by atoms with Crippen molar-refractivity contribution in [2.24, 2.45) is 5.84 Å². The van der Waals surface area contributed by atoms with Crippen LogP contribution in [-0.4, -0.2) is 40.0 Å². The van der Waals surface area contributed by atoms with E-state index in [4.69, 9.17) is 5.84 Å². The molecule has 4 heterocycles. The van der Waals surface area contributed by atoms with E-state index in [1.807, 2.05) is 5.38 Å². The summed E-state index contributed by atoms with van der Waals surface area (Å²) in [5, 5.41) is 6.77. The van der Waals surface area contributed by atoms with Crippen molar-refractivity contribution in [2.75, 3.05) is 23.8 Å². The van der Waals surface area contributed by atoms with E-state index >= 15 is 0 Å². The average molecular weight is 290 g/mol. The Labute approximate surface area is 121 Å². The lowest BCUT2D eigenvalue weighted by Crippen LogP contribution is -2.34. The lowest BCUT2D eigenvalue weighted by molar-refractivity contribution is 0.318. The van der Waals surface area contributed by atoms with Crippen molar-refractivity contribution < 1.29 is 0 Å². The molecule has 7 heteroatoms. The van der Waals surface area contributed by atoms with Crippen LogP contribution < -0.4 is 16.6 Å². The number of hydrazine groups is 1. The fourth-order valence-corrected chi connectivity index (χ4v) is 4.22. The van der Waals surface area contributed by atoms with Gasteiger partial charge in [0.2, 0.25) is 5.95 Å². The predicted octanol–water partition coefficient (Wildman–Crippen LogP) is 1.63. The number of aromatic nitrogens is 2. The number of nitrogens with one attached hydrogen (secondary N) is 2. The molecule has 20 heavy (non-hydrogen) atoms. The van der Waals surface area contributed by atoms with Crippen LogP contribution in [-0.2, 0) is 0 Å². The monoisotopic (exact) mass is 290 g/mol. The van der Waals surface area contributed by atoms with Gasteiger partial charge in [-0.2, -0.15) is 4.98 Å². The Bertz CT molecular complexity index is 626. The van der Waals surface area contributed by atoms with Crippen molar-refractivity contribution in [3.63, 3.8) is 0 Å². The van der Waals surface area contributed by atoms with E-state index in [-0.39, 0.29) is 0 Å². The molecule has 0 amide bonds. The van der Waals surface area contributed by atoms with Crippen LogP contribution in [0.4, 0.5) is 11.8 Å². The third kappa shape index (κ3) is 1.93. The van der Waals surface area contributed by atoms with E-state index in [0.29, 0.717) is 18.0 Å². The van der Waals surface area contributed by atoms with Crippen molar-refractivity contribution in [1.82, 2.24) is 14.9 Å². The molecule has 0 bridgehead atoms. The van der Waals surface area contributed by atoms with E-state index < -0.39 is 0 Å². The maximum atomic E-state index is 5.47. The van der Waals surface area contributed by atoms with Gasteiger partial charge in [-0.25, -0.2) is 10.8 Å². The molecule has 2 aromatic rings. The quantitative estimate of drug-likeness (QED) is 0.589. The van der Waals surface area contributed by atoms with Crippen molar-refractivity contribution in [1.29, 1.82) is 0 Å². The standard InChI is InChI=1S/C13H18N6S/c14-18-13-16-11(8-4-7-20-12(8)17-13)15-9-3-6-19-5-1-2-10(9)19/h4,7,9-10H,1-3,5-6,14H2,(H2,15,16,17,18). The summed E-state index contributed by atoms with van der Waals surface area (Å²) in [7, 11) is 0. The summed E-state index contributed by atoms with van der Waals surface area (Å²) in [5.41, 5.74) is 2.55. The van der Waals surface area contributed by atoms with Crippen LogP contribution in [0, 0.1) is 0 Å². The maximum Gasteiger partial charge on any atom is 0.240 e. The second kappa shape index (κ2) is 4.83. The minimum atomic E-state index is 0.476. The Balaban J connectivity index is 1.66. The highest BCUT2D eigenvalue weighted by atomic mass is 32.1. The zero-order valence-electron chi connectivity index (χ0n) is 11.2. The van der Waals surface area contributed by atoms with Crippen molar-refractivity contribution in [3.8, 4) is 0 Å². The summed E-state index contributed by atoms with van der Waals surface area (Å²) in [4.78, 5) is 12.4.